The van der Waals surface area contributed by atoms with Crippen LogP contribution in [0.2, 0.25) is 0 Å². The van der Waals surface area contributed by atoms with Gasteiger partial charge in [0.15, 0.2) is 0 Å². The predicted octanol–water partition coefficient (Wildman–Crippen LogP) is 2.14. The molecule has 5 nitrogen and oxygen atoms in total. The molecule has 0 aliphatic carbocycles. The molecule has 2 amide bonds. The highest BCUT2D eigenvalue weighted by atomic mass is 16.2. The van der Waals surface area contributed by atoms with Crippen LogP contribution in [0.3, 0.4) is 0 Å². The number of fused-ring (bicyclic) bond motifs is 1. The van der Waals surface area contributed by atoms with Crippen molar-refractivity contribution in [1.29, 1.82) is 0 Å². The number of pyridine rings is 1. The summed E-state index contributed by atoms with van der Waals surface area (Å²) in [6.07, 6.45) is 3.49. The van der Waals surface area contributed by atoms with Gasteiger partial charge in [-0.25, -0.2) is 0 Å². The summed E-state index contributed by atoms with van der Waals surface area (Å²) in [4.78, 5) is 28.9. The lowest BCUT2D eigenvalue weighted by atomic mass is 9.99. The summed E-state index contributed by atoms with van der Waals surface area (Å²) < 4.78 is 1.95. The number of aryl methyl sites for hydroxylation is 1. The number of rotatable bonds is 2. The van der Waals surface area contributed by atoms with Gasteiger partial charge in [-0.05, 0) is 18.2 Å². The fraction of sp³-hybridized carbons (Fsp3) is 0.0556. The van der Waals surface area contributed by atoms with Crippen molar-refractivity contribution in [3.05, 3.63) is 66.1 Å². The molecule has 0 atom stereocenters. The third-order valence-corrected chi connectivity index (χ3v) is 4.02. The molecule has 0 bridgehead atoms. The zero-order valence-corrected chi connectivity index (χ0v) is 12.4. The molecule has 1 aromatic carbocycles. The minimum absolute atomic E-state index is 0.326. The molecule has 0 spiro atoms. The van der Waals surface area contributed by atoms with E-state index in [-0.39, 0.29) is 5.91 Å². The van der Waals surface area contributed by atoms with Crippen LogP contribution in [0.4, 0.5) is 0 Å². The van der Waals surface area contributed by atoms with E-state index < -0.39 is 5.91 Å². The van der Waals surface area contributed by atoms with Crippen LogP contribution in [0.5, 0.6) is 0 Å². The van der Waals surface area contributed by atoms with Crippen molar-refractivity contribution in [2.75, 3.05) is 0 Å². The number of aromatic nitrogens is 2. The van der Waals surface area contributed by atoms with Crippen molar-refractivity contribution in [3.8, 4) is 0 Å². The Morgan fingerprint density at radius 3 is 2.48 bits per heavy atom. The predicted molar refractivity (Wildman–Crippen MR) is 87.1 cm³/mol. The third-order valence-electron chi connectivity index (χ3n) is 4.02. The van der Waals surface area contributed by atoms with Crippen molar-refractivity contribution < 1.29 is 9.59 Å². The summed E-state index contributed by atoms with van der Waals surface area (Å²) in [5, 5.41) is 3.32. The maximum absolute atomic E-state index is 12.4. The van der Waals surface area contributed by atoms with E-state index in [0.29, 0.717) is 16.8 Å². The van der Waals surface area contributed by atoms with Crippen molar-refractivity contribution in [3.63, 3.8) is 0 Å². The maximum atomic E-state index is 12.4. The van der Waals surface area contributed by atoms with E-state index in [1.807, 2.05) is 42.1 Å². The molecule has 3 heterocycles. The van der Waals surface area contributed by atoms with Crippen LogP contribution in [0.25, 0.3) is 22.0 Å². The molecule has 0 saturated heterocycles. The van der Waals surface area contributed by atoms with E-state index >= 15 is 0 Å². The van der Waals surface area contributed by atoms with E-state index in [0.717, 1.165) is 16.5 Å². The van der Waals surface area contributed by atoms with Crippen LogP contribution in [-0.2, 0) is 16.6 Å². The number of hydrogen-bond acceptors (Lipinski definition) is 3. The van der Waals surface area contributed by atoms with Crippen molar-refractivity contribution in [2.24, 2.45) is 7.05 Å². The Hall–Kier alpha value is -3.21. The lowest BCUT2D eigenvalue weighted by Crippen LogP contribution is -2.22. The second kappa shape index (κ2) is 4.91. The third kappa shape index (κ3) is 1.97. The molecular formula is C18H13N3O2. The molecule has 1 aliphatic heterocycles. The fourth-order valence-corrected chi connectivity index (χ4v) is 3.01. The summed E-state index contributed by atoms with van der Waals surface area (Å²) in [5.41, 5.74) is 2.95. The van der Waals surface area contributed by atoms with E-state index in [9.17, 15) is 9.59 Å². The van der Waals surface area contributed by atoms with E-state index in [4.69, 9.17) is 0 Å². The Balaban J connectivity index is 2.05. The van der Waals surface area contributed by atoms with Crippen LogP contribution in [-0.4, -0.2) is 21.4 Å². The topological polar surface area (TPSA) is 64.0 Å². The van der Waals surface area contributed by atoms with Gasteiger partial charge in [0.05, 0.1) is 16.8 Å². The van der Waals surface area contributed by atoms with Gasteiger partial charge in [0.1, 0.15) is 0 Å². The highest BCUT2D eigenvalue weighted by molar-refractivity contribution is 6.49. The highest BCUT2D eigenvalue weighted by Crippen LogP contribution is 2.34. The average Bonchev–Trinajstić information content (AvgIpc) is 3.05. The van der Waals surface area contributed by atoms with E-state index in [1.165, 1.54) is 0 Å². The number of amides is 2. The molecule has 2 aromatic heterocycles. The van der Waals surface area contributed by atoms with Gasteiger partial charge in [-0.1, -0.05) is 24.3 Å². The Labute approximate surface area is 132 Å². The number of para-hydroxylation sites is 1. The first-order chi connectivity index (χ1) is 11.2. The maximum Gasteiger partial charge on any atom is 0.261 e. The molecule has 1 aliphatic rings. The zero-order chi connectivity index (χ0) is 16.0. The Kier molecular flexibility index (Phi) is 2.87. The second-order valence-corrected chi connectivity index (χ2v) is 5.42. The first-order valence-electron chi connectivity index (χ1n) is 7.22. The minimum atomic E-state index is -0.406. The number of imide groups is 1. The highest BCUT2D eigenvalue weighted by Gasteiger charge is 2.34. The molecule has 0 unspecified atom stereocenters. The zero-order valence-electron chi connectivity index (χ0n) is 12.4. The van der Waals surface area contributed by atoms with E-state index in [2.05, 4.69) is 10.3 Å². The van der Waals surface area contributed by atoms with E-state index in [1.54, 1.807) is 24.4 Å². The van der Waals surface area contributed by atoms with Gasteiger partial charge < -0.3 is 4.57 Å². The first-order valence-corrected chi connectivity index (χ1v) is 7.22. The molecule has 5 heteroatoms. The van der Waals surface area contributed by atoms with Crippen molar-refractivity contribution in [1.82, 2.24) is 14.9 Å². The van der Waals surface area contributed by atoms with Crippen LogP contribution in [0, 0.1) is 0 Å². The van der Waals surface area contributed by atoms with Crippen molar-refractivity contribution >= 4 is 33.9 Å². The summed E-state index contributed by atoms with van der Waals surface area (Å²) in [6, 6.07) is 13.1. The average molecular weight is 303 g/mol. The van der Waals surface area contributed by atoms with Crippen LogP contribution in [0.1, 0.15) is 11.3 Å². The Morgan fingerprint density at radius 1 is 0.957 bits per heavy atom. The number of carbonyl (C=O) groups excluding carboxylic acids is 2. The lowest BCUT2D eigenvalue weighted by molar-refractivity contribution is -0.122. The second-order valence-electron chi connectivity index (χ2n) is 5.42. The van der Waals surface area contributed by atoms with Crippen LogP contribution in [0.15, 0.2) is 54.9 Å². The molecule has 1 N–H and O–H groups in total. The fourth-order valence-electron chi connectivity index (χ4n) is 3.01. The molecule has 112 valence electrons. The quantitative estimate of drug-likeness (QED) is 0.738. The molecule has 23 heavy (non-hydrogen) atoms. The van der Waals surface area contributed by atoms with Gasteiger partial charge >= 0.3 is 0 Å². The minimum Gasteiger partial charge on any atom is -0.350 e. The van der Waals surface area contributed by atoms with Gasteiger partial charge in [0, 0.05) is 35.9 Å². The first kappa shape index (κ1) is 13.5. The molecule has 4 rings (SSSR count). The smallest absolute Gasteiger partial charge is 0.261 e. The number of nitrogens with one attached hydrogen (secondary N) is 1. The molecule has 0 radical (unpaired) electrons. The van der Waals surface area contributed by atoms with Crippen molar-refractivity contribution in [2.45, 2.75) is 0 Å². The summed E-state index contributed by atoms with van der Waals surface area (Å²) in [5.74, 6) is -0.788. The summed E-state index contributed by atoms with van der Waals surface area (Å²) in [6.45, 7) is 0. The number of benzene rings is 1. The molecule has 0 fully saturated rings. The monoisotopic (exact) mass is 303 g/mol. The summed E-state index contributed by atoms with van der Waals surface area (Å²) >= 11 is 0. The normalized spacial score (nSPS) is 14.7. The van der Waals surface area contributed by atoms with Gasteiger partial charge in [-0.15, -0.1) is 0 Å². The number of nitrogens with zero attached hydrogens (tertiary/aromatic N) is 2. The number of carbonyl (C=O) groups is 2. The van der Waals surface area contributed by atoms with Gasteiger partial charge in [0.2, 0.25) is 0 Å². The molecular weight excluding hydrogens is 290 g/mol. The number of hydrogen-bond donors (Lipinski definition) is 1. The molecule has 3 aromatic rings. The van der Waals surface area contributed by atoms with Gasteiger partial charge in [-0.3, -0.25) is 19.9 Å². The largest absolute Gasteiger partial charge is 0.350 e. The Morgan fingerprint density at radius 2 is 1.70 bits per heavy atom. The SMILES string of the molecule is Cn1cc(C2=C(c3ccccn3)C(=O)NC2=O)c2ccccc21. The lowest BCUT2D eigenvalue weighted by Gasteiger charge is -2.02. The Bertz CT molecular complexity index is 984. The summed E-state index contributed by atoms with van der Waals surface area (Å²) in [7, 11) is 1.92. The van der Waals surface area contributed by atoms with Crippen LogP contribution < -0.4 is 5.32 Å². The van der Waals surface area contributed by atoms with Gasteiger partial charge in [-0.2, -0.15) is 0 Å². The molecule has 0 saturated carbocycles. The van der Waals surface area contributed by atoms with Gasteiger partial charge in [0.25, 0.3) is 11.8 Å². The van der Waals surface area contributed by atoms with Crippen LogP contribution >= 0.6 is 0 Å². The standard InChI is InChI=1S/C18H13N3O2/c1-21-10-12(11-6-2-3-8-14(11)21)15-16(18(23)20-17(15)22)13-7-4-5-9-19-13/h2-10H,1H3,(H,20,22,23).